The lowest BCUT2D eigenvalue weighted by molar-refractivity contribution is 0.744. The maximum atomic E-state index is 2.31. The molecule has 0 aliphatic carbocycles. The van der Waals surface area contributed by atoms with Crippen LogP contribution in [0.3, 0.4) is 0 Å². The molecule has 0 nitrogen and oxygen atoms in total. The molecular weight excluding hydrogens is 456 g/mol. The molecule has 0 aliphatic rings. The Labute approximate surface area is 225 Å². The summed E-state index contributed by atoms with van der Waals surface area (Å²) < 4.78 is 0. The first-order valence-electron chi connectivity index (χ1n) is 13.1. The molecule has 0 atom stereocenters. The minimum absolute atomic E-state index is 0.442. The van der Waals surface area contributed by atoms with Crippen LogP contribution >= 0.6 is 0 Å². The van der Waals surface area contributed by atoms with Gasteiger partial charge in [-0.3, -0.25) is 0 Å². The van der Waals surface area contributed by atoms with Gasteiger partial charge >= 0.3 is 0 Å². The van der Waals surface area contributed by atoms with Gasteiger partial charge in [-0.25, -0.2) is 0 Å². The van der Waals surface area contributed by atoms with Crippen LogP contribution in [0.4, 0.5) is 0 Å². The molecule has 0 heterocycles. The van der Waals surface area contributed by atoms with Gasteiger partial charge in [0.1, 0.15) is 0 Å². The minimum Gasteiger partial charge on any atom is -0.0622 e. The third-order valence-electron chi connectivity index (χ3n) is 7.35. The molecule has 0 unspecified atom stereocenters. The van der Waals surface area contributed by atoms with Gasteiger partial charge in [0.2, 0.25) is 0 Å². The van der Waals surface area contributed by atoms with E-state index in [0.717, 1.165) is 0 Å². The van der Waals surface area contributed by atoms with Gasteiger partial charge in [0, 0.05) is 0 Å². The second-order valence-corrected chi connectivity index (χ2v) is 9.53. The van der Waals surface area contributed by atoms with Crippen molar-refractivity contribution < 1.29 is 0 Å². The van der Waals surface area contributed by atoms with Gasteiger partial charge in [0.05, 0.1) is 11.3 Å². The Balaban J connectivity index is 1.56. The van der Waals surface area contributed by atoms with E-state index in [-0.39, 0.29) is 0 Å². The van der Waals surface area contributed by atoms with Gasteiger partial charge in [-0.2, -0.15) is 0 Å². The predicted molar refractivity (Wildman–Crippen MR) is 158 cm³/mol. The largest absolute Gasteiger partial charge is 0.0701 e. The third-order valence-corrected chi connectivity index (χ3v) is 7.35. The second kappa shape index (κ2) is 10.7. The fourth-order valence-electron chi connectivity index (χ4n) is 5.66. The van der Waals surface area contributed by atoms with Crippen molar-refractivity contribution in [2.45, 2.75) is 5.41 Å². The van der Waals surface area contributed by atoms with Crippen LogP contribution in [0.2, 0.25) is 0 Å². The van der Waals surface area contributed by atoms with Gasteiger partial charge < -0.3 is 0 Å². The van der Waals surface area contributed by atoms with Crippen molar-refractivity contribution in [1.29, 1.82) is 0 Å². The minimum atomic E-state index is -0.442. The maximum Gasteiger partial charge on any atom is 0.0701 e. The summed E-state index contributed by atoms with van der Waals surface area (Å²) in [5, 5.41) is 0. The number of hydrogen-bond donors (Lipinski definition) is 0. The number of rotatable bonds is 7. The van der Waals surface area contributed by atoms with Crippen molar-refractivity contribution in [2.24, 2.45) is 0 Å². The Morgan fingerprint density at radius 3 is 0.868 bits per heavy atom. The molecule has 0 N–H and O–H groups in total. The molecule has 0 amide bonds. The Hall–Kier alpha value is -4.68. The monoisotopic (exact) mass is 485 g/mol. The molecule has 0 spiro atoms. The van der Waals surface area contributed by atoms with E-state index in [4.69, 9.17) is 0 Å². The fraction of sp³-hybridized carbons (Fsp3) is 0.0263. The van der Waals surface area contributed by atoms with Gasteiger partial charge in [-0.1, -0.05) is 176 Å². The van der Waals surface area contributed by atoms with E-state index >= 15 is 0 Å². The van der Waals surface area contributed by atoms with Crippen LogP contribution < -0.4 is 0 Å². The van der Waals surface area contributed by atoms with E-state index in [9.17, 15) is 0 Å². The molecule has 0 saturated carbocycles. The van der Waals surface area contributed by atoms with Crippen LogP contribution in [0, 0.1) is 5.92 Å². The van der Waals surface area contributed by atoms with E-state index in [2.05, 4.69) is 176 Å². The highest BCUT2D eigenvalue weighted by Crippen LogP contribution is 2.45. The molecule has 6 rings (SSSR count). The smallest absolute Gasteiger partial charge is 0.0622 e. The van der Waals surface area contributed by atoms with Crippen molar-refractivity contribution in [1.82, 2.24) is 0 Å². The highest BCUT2D eigenvalue weighted by atomic mass is 14.4. The van der Waals surface area contributed by atoms with Gasteiger partial charge in [0.15, 0.2) is 0 Å². The number of hydrogen-bond acceptors (Lipinski definition) is 0. The summed E-state index contributed by atoms with van der Waals surface area (Å²) in [6, 6.07) is 63.2. The van der Waals surface area contributed by atoms with Gasteiger partial charge in [0.25, 0.3) is 0 Å². The van der Waals surface area contributed by atoms with Crippen LogP contribution in [0.15, 0.2) is 176 Å². The summed E-state index contributed by atoms with van der Waals surface area (Å²) in [6.07, 6.45) is 0. The van der Waals surface area contributed by atoms with Crippen molar-refractivity contribution in [3.8, 4) is 0 Å². The topological polar surface area (TPSA) is 0 Å². The van der Waals surface area contributed by atoms with Crippen molar-refractivity contribution in [3.63, 3.8) is 0 Å². The highest BCUT2D eigenvalue weighted by molar-refractivity contribution is 5.62. The molecule has 0 saturated heterocycles. The first-order valence-corrected chi connectivity index (χ1v) is 13.1. The summed E-state index contributed by atoms with van der Waals surface area (Å²) in [5.74, 6) is 1.24. The van der Waals surface area contributed by atoms with Crippen LogP contribution in [0.25, 0.3) is 0 Å². The zero-order valence-electron chi connectivity index (χ0n) is 21.2. The van der Waals surface area contributed by atoms with Crippen LogP contribution in [-0.2, 0) is 5.41 Å². The molecule has 0 bridgehead atoms. The lowest BCUT2D eigenvalue weighted by atomic mass is 9.65. The summed E-state index contributed by atoms with van der Waals surface area (Å²) in [6.45, 7) is 0. The molecule has 6 aromatic rings. The molecule has 38 heavy (non-hydrogen) atoms. The van der Waals surface area contributed by atoms with E-state index in [1.165, 1.54) is 44.9 Å². The zero-order chi connectivity index (χ0) is 25.6. The van der Waals surface area contributed by atoms with Crippen molar-refractivity contribution in [2.75, 3.05) is 0 Å². The quantitative estimate of drug-likeness (QED) is 0.198. The lowest BCUT2D eigenvalue weighted by Crippen LogP contribution is -2.31. The average Bonchev–Trinajstić information content (AvgIpc) is 3.01. The number of benzene rings is 6. The van der Waals surface area contributed by atoms with Crippen molar-refractivity contribution >= 4 is 0 Å². The SMILES string of the molecule is c1ccc([C](c2ccccc2)c2ccc(C(c3ccccc3)(c3ccccc3)c3ccccc3)cc2)cc1. The fourth-order valence-corrected chi connectivity index (χ4v) is 5.66. The molecule has 181 valence electrons. The highest BCUT2D eigenvalue weighted by Gasteiger charge is 2.38. The van der Waals surface area contributed by atoms with Crippen LogP contribution in [0.1, 0.15) is 38.9 Å². The zero-order valence-corrected chi connectivity index (χ0v) is 21.2. The van der Waals surface area contributed by atoms with Crippen LogP contribution in [-0.4, -0.2) is 0 Å². The van der Waals surface area contributed by atoms with E-state index in [1.54, 1.807) is 0 Å². The van der Waals surface area contributed by atoms with E-state index in [0.29, 0.717) is 0 Å². The standard InChI is InChI=1S/C38H29/c1-6-16-30(17-7-1)37(31-18-8-2-9-19-31)32-26-28-36(29-27-32)38(33-20-10-3-11-21-33,34-22-12-4-13-23-34)35-24-14-5-15-25-35/h1-29H. The first-order chi connectivity index (χ1) is 18.9. The lowest BCUT2D eigenvalue weighted by Gasteiger charge is -2.37. The Morgan fingerprint density at radius 1 is 0.263 bits per heavy atom. The molecule has 0 aliphatic heterocycles. The first kappa shape index (κ1) is 23.7. The molecule has 0 fully saturated rings. The Morgan fingerprint density at radius 2 is 0.526 bits per heavy atom. The second-order valence-electron chi connectivity index (χ2n) is 9.53. The van der Waals surface area contributed by atoms with E-state index in [1.807, 2.05) is 0 Å². The Bertz CT molecular complexity index is 1420. The van der Waals surface area contributed by atoms with Crippen LogP contribution in [0.5, 0.6) is 0 Å². The summed E-state index contributed by atoms with van der Waals surface area (Å²) in [4.78, 5) is 0. The van der Waals surface area contributed by atoms with Gasteiger partial charge in [-0.15, -0.1) is 0 Å². The summed E-state index contributed by atoms with van der Waals surface area (Å²) in [7, 11) is 0. The molecule has 6 aromatic carbocycles. The average molecular weight is 486 g/mol. The third kappa shape index (κ3) is 4.35. The summed E-state index contributed by atoms with van der Waals surface area (Å²) >= 11 is 0. The predicted octanol–water partition coefficient (Wildman–Crippen LogP) is 9.09. The Kier molecular flexibility index (Phi) is 6.70. The van der Waals surface area contributed by atoms with E-state index < -0.39 is 5.41 Å². The summed E-state index contributed by atoms with van der Waals surface area (Å²) in [5.41, 5.74) is 8.18. The molecule has 1 radical (unpaired) electrons. The molecule has 0 heteroatoms. The maximum absolute atomic E-state index is 2.31. The molecular formula is C38H29. The normalized spacial score (nSPS) is 11.4. The van der Waals surface area contributed by atoms with Gasteiger partial charge in [-0.05, 0) is 38.9 Å². The molecule has 0 aromatic heterocycles. The van der Waals surface area contributed by atoms with Crippen molar-refractivity contribution in [3.05, 3.63) is 221 Å².